The van der Waals surface area contributed by atoms with Crippen molar-refractivity contribution in [2.75, 3.05) is 31.1 Å². The maximum absolute atomic E-state index is 13.9. The van der Waals surface area contributed by atoms with Gasteiger partial charge in [0.15, 0.2) is 0 Å². The van der Waals surface area contributed by atoms with Crippen LogP contribution in [0.3, 0.4) is 0 Å². The number of nitrogens with zero attached hydrogens (tertiary/aromatic N) is 4. The smallest absolute Gasteiger partial charge is 0.149 e. The van der Waals surface area contributed by atoms with Gasteiger partial charge in [0, 0.05) is 38.1 Å². The molecule has 1 aromatic carbocycles. The molecule has 1 aliphatic rings. The van der Waals surface area contributed by atoms with Crippen LogP contribution in [0.25, 0.3) is 10.9 Å². The Morgan fingerprint density at radius 3 is 2.74 bits per heavy atom. The molecular weight excluding hydrogens is 311 g/mol. The van der Waals surface area contributed by atoms with Gasteiger partial charge in [0.25, 0.3) is 0 Å². The number of anilines is 1. The van der Waals surface area contributed by atoms with Crippen LogP contribution < -0.4 is 4.90 Å². The van der Waals surface area contributed by atoms with E-state index in [1.807, 2.05) is 6.07 Å². The van der Waals surface area contributed by atoms with E-state index >= 15 is 0 Å². The minimum atomic E-state index is -0.290. The van der Waals surface area contributed by atoms with Crippen molar-refractivity contribution in [1.82, 2.24) is 14.9 Å². The molecule has 1 fully saturated rings. The highest BCUT2D eigenvalue weighted by atomic mass is 32.1. The Morgan fingerprint density at radius 2 is 1.96 bits per heavy atom. The third-order valence-electron chi connectivity index (χ3n) is 4.25. The zero-order chi connectivity index (χ0) is 15.6. The highest BCUT2D eigenvalue weighted by Crippen LogP contribution is 2.25. The fraction of sp³-hybridized carbons (Fsp3) is 0.294. The number of benzene rings is 1. The van der Waals surface area contributed by atoms with E-state index < -0.39 is 0 Å². The Balaban J connectivity index is 1.51. The molecule has 1 saturated heterocycles. The van der Waals surface area contributed by atoms with E-state index in [4.69, 9.17) is 0 Å². The van der Waals surface area contributed by atoms with Crippen LogP contribution in [0.5, 0.6) is 0 Å². The molecule has 1 aliphatic heterocycles. The molecule has 2 aromatic heterocycles. The van der Waals surface area contributed by atoms with Gasteiger partial charge in [0.1, 0.15) is 23.5 Å². The number of thiophene rings is 1. The topological polar surface area (TPSA) is 32.3 Å². The molecule has 0 bridgehead atoms. The van der Waals surface area contributed by atoms with E-state index in [1.165, 1.54) is 18.0 Å². The molecule has 0 atom stereocenters. The molecule has 23 heavy (non-hydrogen) atoms. The summed E-state index contributed by atoms with van der Waals surface area (Å²) in [5.74, 6) is 0.548. The first-order chi connectivity index (χ1) is 11.3. The second-order valence-corrected chi connectivity index (χ2v) is 6.51. The van der Waals surface area contributed by atoms with E-state index in [0.29, 0.717) is 5.52 Å². The highest BCUT2D eigenvalue weighted by molar-refractivity contribution is 7.07. The zero-order valence-electron chi connectivity index (χ0n) is 12.7. The molecule has 0 N–H and O–H groups in total. The predicted octanol–water partition coefficient (Wildman–Crippen LogP) is 3.15. The number of para-hydroxylation sites is 1. The van der Waals surface area contributed by atoms with Gasteiger partial charge in [-0.2, -0.15) is 11.3 Å². The summed E-state index contributed by atoms with van der Waals surface area (Å²) < 4.78 is 13.9. The Morgan fingerprint density at radius 1 is 1.09 bits per heavy atom. The van der Waals surface area contributed by atoms with Crippen LogP contribution in [0.4, 0.5) is 10.2 Å². The molecule has 0 radical (unpaired) electrons. The van der Waals surface area contributed by atoms with Gasteiger partial charge in [-0.25, -0.2) is 14.4 Å². The third kappa shape index (κ3) is 2.92. The summed E-state index contributed by atoms with van der Waals surface area (Å²) in [6.45, 7) is 4.75. The van der Waals surface area contributed by atoms with Gasteiger partial charge in [0.05, 0.1) is 0 Å². The fourth-order valence-electron chi connectivity index (χ4n) is 3.05. The maximum atomic E-state index is 13.9. The van der Waals surface area contributed by atoms with Gasteiger partial charge >= 0.3 is 0 Å². The van der Waals surface area contributed by atoms with Crippen LogP contribution in [0.2, 0.25) is 0 Å². The van der Waals surface area contributed by atoms with Crippen LogP contribution in [0.1, 0.15) is 5.56 Å². The maximum Gasteiger partial charge on any atom is 0.149 e. The summed E-state index contributed by atoms with van der Waals surface area (Å²) in [5, 5.41) is 5.11. The van der Waals surface area contributed by atoms with Crippen LogP contribution in [0.15, 0.2) is 41.4 Å². The van der Waals surface area contributed by atoms with Crippen molar-refractivity contribution in [2.24, 2.45) is 0 Å². The Kier molecular flexibility index (Phi) is 3.93. The highest BCUT2D eigenvalue weighted by Gasteiger charge is 2.20. The number of fused-ring (bicyclic) bond motifs is 1. The molecular formula is C17H17FN4S. The van der Waals surface area contributed by atoms with Gasteiger partial charge < -0.3 is 4.90 Å². The molecule has 4 nitrogen and oxygen atoms in total. The van der Waals surface area contributed by atoms with E-state index in [1.54, 1.807) is 17.4 Å². The predicted molar refractivity (Wildman–Crippen MR) is 91.3 cm³/mol. The van der Waals surface area contributed by atoms with Crippen molar-refractivity contribution in [1.29, 1.82) is 0 Å². The van der Waals surface area contributed by atoms with Crippen LogP contribution in [0, 0.1) is 5.82 Å². The Hall–Kier alpha value is -2.05. The minimum absolute atomic E-state index is 0.290. The number of halogens is 1. The largest absolute Gasteiger partial charge is 0.353 e. The monoisotopic (exact) mass is 328 g/mol. The quantitative estimate of drug-likeness (QED) is 0.739. The zero-order valence-corrected chi connectivity index (χ0v) is 13.5. The molecule has 3 heterocycles. The Labute approximate surface area is 138 Å². The normalized spacial score (nSPS) is 16.1. The van der Waals surface area contributed by atoms with E-state index in [-0.39, 0.29) is 5.82 Å². The molecule has 0 aliphatic carbocycles. The van der Waals surface area contributed by atoms with Crippen LogP contribution in [-0.2, 0) is 6.54 Å². The van der Waals surface area contributed by atoms with Crippen molar-refractivity contribution in [2.45, 2.75) is 6.54 Å². The molecule has 0 amide bonds. The van der Waals surface area contributed by atoms with Crippen molar-refractivity contribution < 1.29 is 4.39 Å². The second kappa shape index (κ2) is 6.22. The molecule has 6 heteroatoms. The third-order valence-corrected chi connectivity index (χ3v) is 4.98. The van der Waals surface area contributed by atoms with Crippen LogP contribution >= 0.6 is 11.3 Å². The minimum Gasteiger partial charge on any atom is -0.353 e. The summed E-state index contributed by atoms with van der Waals surface area (Å²) in [6.07, 6.45) is 1.46. The lowest BCUT2D eigenvalue weighted by atomic mass is 10.2. The van der Waals surface area contributed by atoms with E-state index in [9.17, 15) is 4.39 Å². The number of hydrogen-bond acceptors (Lipinski definition) is 5. The second-order valence-electron chi connectivity index (χ2n) is 5.73. The first kappa shape index (κ1) is 14.5. The average Bonchev–Trinajstić information content (AvgIpc) is 3.09. The lowest BCUT2D eigenvalue weighted by Gasteiger charge is -2.35. The van der Waals surface area contributed by atoms with E-state index in [0.717, 1.165) is 43.9 Å². The number of rotatable bonds is 3. The number of hydrogen-bond donors (Lipinski definition) is 0. The lowest BCUT2D eigenvalue weighted by molar-refractivity contribution is 0.250. The summed E-state index contributed by atoms with van der Waals surface area (Å²) in [7, 11) is 0. The summed E-state index contributed by atoms with van der Waals surface area (Å²) in [4.78, 5) is 13.2. The van der Waals surface area contributed by atoms with Gasteiger partial charge in [-0.3, -0.25) is 4.90 Å². The summed E-state index contributed by atoms with van der Waals surface area (Å²) >= 11 is 1.74. The number of piperazine rings is 1. The molecule has 0 saturated carbocycles. The van der Waals surface area contributed by atoms with Crippen molar-refractivity contribution in [3.8, 4) is 0 Å². The van der Waals surface area contributed by atoms with Gasteiger partial charge in [-0.05, 0) is 34.5 Å². The molecule has 118 valence electrons. The van der Waals surface area contributed by atoms with Crippen LogP contribution in [-0.4, -0.2) is 41.0 Å². The number of aromatic nitrogens is 2. The van der Waals surface area contributed by atoms with Crippen molar-refractivity contribution in [3.63, 3.8) is 0 Å². The Bertz CT molecular complexity index is 797. The first-order valence-electron chi connectivity index (χ1n) is 7.69. The fourth-order valence-corrected chi connectivity index (χ4v) is 3.71. The summed E-state index contributed by atoms with van der Waals surface area (Å²) in [6, 6.07) is 7.23. The SMILES string of the molecule is Fc1cccc2c(N3CCN(Cc4ccsc4)CC3)ncnc12. The van der Waals surface area contributed by atoms with Gasteiger partial charge in [-0.1, -0.05) is 6.07 Å². The molecule has 4 rings (SSSR count). The van der Waals surface area contributed by atoms with E-state index in [2.05, 4.69) is 36.6 Å². The standard InChI is InChI=1S/C17H17FN4S/c18-15-3-1-2-14-16(15)19-12-20-17(14)22-7-5-21(6-8-22)10-13-4-9-23-11-13/h1-4,9,11-12H,5-8,10H2. The molecule has 0 spiro atoms. The lowest BCUT2D eigenvalue weighted by Crippen LogP contribution is -2.46. The van der Waals surface area contributed by atoms with Crippen molar-refractivity contribution >= 4 is 28.1 Å². The summed E-state index contributed by atoms with van der Waals surface area (Å²) in [5.41, 5.74) is 1.77. The molecule has 0 unspecified atom stereocenters. The molecule has 3 aromatic rings. The van der Waals surface area contributed by atoms with Crippen molar-refractivity contribution in [3.05, 3.63) is 52.7 Å². The first-order valence-corrected chi connectivity index (χ1v) is 8.63. The van der Waals surface area contributed by atoms with Gasteiger partial charge in [0.2, 0.25) is 0 Å². The average molecular weight is 328 g/mol. The van der Waals surface area contributed by atoms with Gasteiger partial charge in [-0.15, -0.1) is 0 Å².